The molecule has 8 heteroatoms. The number of ether oxygens (including phenoxy) is 1. The number of hydrogen-bond acceptors (Lipinski definition) is 7. The molecule has 196 valence electrons. The maximum Gasteiger partial charge on any atom is 0.230 e. The molecule has 2 aliphatic rings. The van der Waals surface area contributed by atoms with Gasteiger partial charge in [-0.15, -0.1) is 0 Å². The quantitative estimate of drug-likeness (QED) is 0.343. The molecule has 37 heavy (non-hydrogen) atoms. The first kappa shape index (κ1) is 26.6. The molecule has 0 radical (unpaired) electrons. The molecule has 0 aliphatic carbocycles. The van der Waals surface area contributed by atoms with Gasteiger partial charge >= 0.3 is 0 Å². The predicted octanol–water partition coefficient (Wildman–Crippen LogP) is 4.61. The van der Waals surface area contributed by atoms with Crippen LogP contribution < -0.4 is 15.7 Å². The number of carbonyl (C=O) groups excluding carboxylic acids is 1. The molecule has 3 aromatic rings. The maximum atomic E-state index is 9.76. The van der Waals surface area contributed by atoms with E-state index in [0.717, 1.165) is 75.6 Å². The molecule has 0 bridgehead atoms. The molecule has 2 aromatic carbocycles. The monoisotopic (exact) mass is 503 g/mol. The first-order valence-corrected chi connectivity index (χ1v) is 13.0. The van der Waals surface area contributed by atoms with Gasteiger partial charge in [0.25, 0.3) is 0 Å². The van der Waals surface area contributed by atoms with Crippen molar-refractivity contribution in [2.75, 3.05) is 31.1 Å². The zero-order chi connectivity index (χ0) is 25.9. The first-order valence-electron chi connectivity index (χ1n) is 13.0. The van der Waals surface area contributed by atoms with Gasteiger partial charge in [-0.05, 0) is 66.5 Å². The van der Waals surface area contributed by atoms with E-state index in [9.17, 15) is 4.79 Å². The topological polar surface area (TPSA) is 88.6 Å². The number of rotatable bonds is 8. The van der Waals surface area contributed by atoms with E-state index in [4.69, 9.17) is 9.57 Å². The van der Waals surface area contributed by atoms with Crippen molar-refractivity contribution in [3.63, 3.8) is 0 Å². The fourth-order valence-corrected chi connectivity index (χ4v) is 4.54. The zero-order valence-electron chi connectivity index (χ0n) is 21.6. The Morgan fingerprint density at radius 1 is 1.11 bits per heavy atom. The summed E-state index contributed by atoms with van der Waals surface area (Å²) in [6.45, 7) is 9.98. The summed E-state index contributed by atoms with van der Waals surface area (Å²) in [5.74, 6) is 1.51. The molecular formula is C29H37N5O3. The molecule has 3 heterocycles. The fraction of sp³-hybridized carbons (Fsp3) is 0.414. The molecule has 8 nitrogen and oxygen atoms in total. The minimum absolute atomic E-state index is 0.237. The molecule has 2 fully saturated rings. The number of carbonyl (C=O) groups is 1. The molecule has 1 amide bonds. The fourth-order valence-electron chi connectivity index (χ4n) is 4.54. The van der Waals surface area contributed by atoms with Crippen LogP contribution in [0.25, 0.3) is 16.5 Å². The van der Waals surface area contributed by atoms with E-state index in [2.05, 4.69) is 74.7 Å². The Kier molecular flexibility index (Phi) is 9.85. The number of hydroxylamine groups is 1. The number of piperidine rings is 1. The average Bonchev–Trinajstić information content (AvgIpc) is 2.96. The van der Waals surface area contributed by atoms with Gasteiger partial charge in [-0.25, -0.2) is 20.3 Å². The summed E-state index contributed by atoms with van der Waals surface area (Å²) >= 11 is 0. The molecule has 1 unspecified atom stereocenters. The van der Waals surface area contributed by atoms with Crippen LogP contribution in [-0.4, -0.2) is 48.9 Å². The summed E-state index contributed by atoms with van der Waals surface area (Å²) in [6.07, 6.45) is 9.39. The molecule has 0 saturated carbocycles. The van der Waals surface area contributed by atoms with Gasteiger partial charge in [0.05, 0.1) is 0 Å². The van der Waals surface area contributed by atoms with Crippen LogP contribution in [0, 0.1) is 12.8 Å². The Balaban J connectivity index is 0.000000270. The molecule has 2 saturated heterocycles. The molecule has 2 N–H and O–H groups in total. The van der Waals surface area contributed by atoms with Gasteiger partial charge in [0.1, 0.15) is 0 Å². The smallest absolute Gasteiger partial charge is 0.230 e. The summed E-state index contributed by atoms with van der Waals surface area (Å²) in [5.41, 5.74) is 5.38. The highest BCUT2D eigenvalue weighted by molar-refractivity contribution is 5.85. The second kappa shape index (κ2) is 13.7. The van der Waals surface area contributed by atoms with Crippen LogP contribution in [0.15, 0.2) is 61.4 Å². The van der Waals surface area contributed by atoms with Crippen molar-refractivity contribution in [1.82, 2.24) is 20.8 Å². The molecule has 1 aromatic heterocycles. The Bertz CT molecular complexity index is 1140. The lowest BCUT2D eigenvalue weighted by molar-refractivity contribution is -0.195. The second-order valence-electron chi connectivity index (χ2n) is 9.56. The molecule has 1 atom stereocenters. The van der Waals surface area contributed by atoms with Crippen molar-refractivity contribution >= 4 is 28.8 Å². The van der Waals surface area contributed by atoms with E-state index < -0.39 is 0 Å². The van der Waals surface area contributed by atoms with Crippen molar-refractivity contribution in [2.45, 2.75) is 45.3 Å². The number of nitrogens with zero attached hydrogens (tertiary/aromatic N) is 3. The Morgan fingerprint density at radius 2 is 1.86 bits per heavy atom. The van der Waals surface area contributed by atoms with E-state index >= 15 is 0 Å². The van der Waals surface area contributed by atoms with E-state index in [1.807, 2.05) is 19.3 Å². The van der Waals surface area contributed by atoms with Crippen molar-refractivity contribution in [3.05, 3.63) is 72.6 Å². The van der Waals surface area contributed by atoms with E-state index in [-0.39, 0.29) is 6.29 Å². The van der Waals surface area contributed by atoms with Gasteiger partial charge in [0.15, 0.2) is 6.29 Å². The van der Waals surface area contributed by atoms with Crippen LogP contribution in [-0.2, 0) is 14.4 Å². The number of benzene rings is 2. The third-order valence-electron chi connectivity index (χ3n) is 6.75. The lowest BCUT2D eigenvalue weighted by Gasteiger charge is -2.32. The normalized spacial score (nSPS) is 18.0. The van der Waals surface area contributed by atoms with Crippen LogP contribution in [0.3, 0.4) is 0 Å². The number of anilines is 1. The van der Waals surface area contributed by atoms with Gasteiger partial charge in [0.2, 0.25) is 12.4 Å². The summed E-state index contributed by atoms with van der Waals surface area (Å²) < 4.78 is 5.14. The van der Waals surface area contributed by atoms with Crippen molar-refractivity contribution in [1.29, 1.82) is 0 Å². The van der Waals surface area contributed by atoms with E-state index in [0.29, 0.717) is 12.3 Å². The standard InChI is InChI=1S/C23H26N4.C6H11NO3/c1-17-14-25-23(26-15-17)27-11-9-19(10-12-27)16-24-18(2)21-8-7-20-5-3-4-6-22(20)13-21;8-5-7-10-6-3-1-2-4-9-6/h3-8,13-15,19,24H,2,9-12,16H2,1H3;5-6H,1-4H2,(H,7,8). The van der Waals surface area contributed by atoms with Gasteiger partial charge in [-0.3, -0.25) is 4.79 Å². The minimum Gasteiger partial charge on any atom is -0.385 e. The zero-order valence-corrected chi connectivity index (χ0v) is 21.6. The highest BCUT2D eigenvalue weighted by Gasteiger charge is 2.21. The lowest BCUT2D eigenvalue weighted by atomic mass is 9.96. The second-order valence-corrected chi connectivity index (χ2v) is 9.56. The summed E-state index contributed by atoms with van der Waals surface area (Å²) in [4.78, 5) is 25.7. The Labute approximate surface area is 219 Å². The van der Waals surface area contributed by atoms with Crippen LogP contribution in [0.4, 0.5) is 5.95 Å². The summed E-state index contributed by atoms with van der Waals surface area (Å²) in [7, 11) is 0. The van der Waals surface area contributed by atoms with Crippen molar-refractivity contribution in [3.8, 4) is 0 Å². The minimum atomic E-state index is -0.237. The van der Waals surface area contributed by atoms with Gasteiger partial charge in [-0.1, -0.05) is 43.0 Å². The van der Waals surface area contributed by atoms with Gasteiger partial charge < -0.3 is 15.0 Å². The highest BCUT2D eigenvalue weighted by atomic mass is 16.8. The molecule has 5 rings (SSSR count). The number of amides is 1. The molecular weight excluding hydrogens is 466 g/mol. The number of nitrogens with one attached hydrogen (secondary N) is 2. The van der Waals surface area contributed by atoms with Crippen LogP contribution >= 0.6 is 0 Å². The van der Waals surface area contributed by atoms with Crippen LogP contribution in [0.1, 0.15) is 43.2 Å². The molecule has 2 aliphatic heterocycles. The Morgan fingerprint density at radius 3 is 2.57 bits per heavy atom. The number of hydrogen-bond donors (Lipinski definition) is 2. The Hall–Kier alpha value is -3.49. The third-order valence-corrected chi connectivity index (χ3v) is 6.75. The number of aromatic nitrogens is 2. The van der Waals surface area contributed by atoms with Crippen molar-refractivity contribution in [2.24, 2.45) is 5.92 Å². The van der Waals surface area contributed by atoms with Crippen LogP contribution in [0.5, 0.6) is 0 Å². The number of fused-ring (bicyclic) bond motifs is 1. The summed E-state index contributed by atoms with van der Waals surface area (Å²) in [6, 6.07) is 15.0. The van der Waals surface area contributed by atoms with E-state index in [1.54, 1.807) is 0 Å². The largest absolute Gasteiger partial charge is 0.385 e. The summed E-state index contributed by atoms with van der Waals surface area (Å²) in [5, 5.41) is 6.07. The lowest BCUT2D eigenvalue weighted by Crippen LogP contribution is -2.37. The maximum absolute atomic E-state index is 9.76. The van der Waals surface area contributed by atoms with Crippen molar-refractivity contribution < 1.29 is 14.4 Å². The van der Waals surface area contributed by atoms with Gasteiger partial charge in [0, 0.05) is 50.8 Å². The molecule has 0 spiro atoms. The highest BCUT2D eigenvalue weighted by Crippen LogP contribution is 2.22. The van der Waals surface area contributed by atoms with Gasteiger partial charge in [-0.2, -0.15) is 0 Å². The number of aryl methyl sites for hydroxylation is 1. The first-order chi connectivity index (χ1) is 18.1. The van der Waals surface area contributed by atoms with Crippen LogP contribution in [0.2, 0.25) is 0 Å². The average molecular weight is 504 g/mol. The predicted molar refractivity (Wildman–Crippen MR) is 147 cm³/mol. The third kappa shape index (κ3) is 8.00. The SMILES string of the molecule is C=C(NCC1CCN(c2ncc(C)cn2)CC1)c1ccc2ccccc2c1.O=CNOC1CCCCO1. The van der Waals surface area contributed by atoms with E-state index in [1.165, 1.54) is 16.3 Å².